The minimum Gasteiger partial charge on any atom is -0.497 e. The predicted octanol–water partition coefficient (Wildman–Crippen LogP) is 2.43. The van der Waals surface area contributed by atoms with Crippen molar-refractivity contribution in [3.05, 3.63) is 47.5 Å². The fourth-order valence-electron chi connectivity index (χ4n) is 1.75. The van der Waals surface area contributed by atoms with Gasteiger partial charge in [-0.25, -0.2) is 0 Å². The zero-order chi connectivity index (χ0) is 14.5. The lowest BCUT2D eigenvalue weighted by molar-refractivity contribution is 0.280. The van der Waals surface area contributed by atoms with Gasteiger partial charge in [0.1, 0.15) is 23.3 Å². The number of aliphatic hydroxyl groups excluding tert-OH is 1. The summed E-state index contributed by atoms with van der Waals surface area (Å²) < 4.78 is 10.8. The number of rotatable bonds is 4. The molecule has 5 nitrogen and oxygen atoms in total. The van der Waals surface area contributed by atoms with Crippen LogP contribution in [0.15, 0.2) is 36.4 Å². The van der Waals surface area contributed by atoms with Crippen molar-refractivity contribution < 1.29 is 14.6 Å². The van der Waals surface area contributed by atoms with Crippen LogP contribution in [0.1, 0.15) is 11.1 Å². The van der Waals surface area contributed by atoms with Gasteiger partial charge < -0.3 is 20.3 Å². The van der Waals surface area contributed by atoms with Gasteiger partial charge in [0.2, 0.25) is 0 Å². The minimum absolute atomic E-state index is 0.125. The van der Waals surface area contributed by atoms with Crippen LogP contribution in [-0.2, 0) is 6.61 Å². The van der Waals surface area contributed by atoms with E-state index in [0.29, 0.717) is 34.1 Å². The number of nitrogen functional groups attached to an aromatic ring is 1. The first-order chi connectivity index (χ1) is 9.66. The molecule has 2 aromatic rings. The number of benzene rings is 2. The fourth-order valence-corrected chi connectivity index (χ4v) is 1.75. The van der Waals surface area contributed by atoms with Crippen LogP contribution in [0.5, 0.6) is 17.2 Å². The van der Waals surface area contributed by atoms with Gasteiger partial charge in [-0.3, -0.25) is 0 Å². The molecule has 0 aliphatic carbocycles. The largest absolute Gasteiger partial charge is 0.497 e. The van der Waals surface area contributed by atoms with Gasteiger partial charge in [-0.2, -0.15) is 5.26 Å². The van der Waals surface area contributed by atoms with Crippen LogP contribution >= 0.6 is 0 Å². The highest BCUT2D eigenvalue weighted by Crippen LogP contribution is 2.30. The van der Waals surface area contributed by atoms with E-state index in [1.54, 1.807) is 36.4 Å². The molecule has 20 heavy (non-hydrogen) atoms. The van der Waals surface area contributed by atoms with Crippen molar-refractivity contribution in [2.45, 2.75) is 6.61 Å². The highest BCUT2D eigenvalue weighted by atomic mass is 16.5. The number of hydrogen-bond donors (Lipinski definition) is 2. The SMILES string of the molecule is COc1cc(CO)cc(Oc2ccc(N)cc2C#N)c1. The molecule has 5 heteroatoms. The normalized spacial score (nSPS) is 9.85. The molecule has 0 amide bonds. The molecule has 0 spiro atoms. The molecular weight excluding hydrogens is 256 g/mol. The molecule has 0 atom stereocenters. The number of hydrogen-bond acceptors (Lipinski definition) is 5. The van der Waals surface area contributed by atoms with Crippen LogP contribution in [-0.4, -0.2) is 12.2 Å². The van der Waals surface area contributed by atoms with E-state index in [1.165, 1.54) is 7.11 Å². The van der Waals surface area contributed by atoms with Gasteiger partial charge in [-0.1, -0.05) is 0 Å². The third kappa shape index (κ3) is 2.99. The monoisotopic (exact) mass is 270 g/mol. The molecule has 0 unspecified atom stereocenters. The predicted molar refractivity (Wildman–Crippen MR) is 74.6 cm³/mol. The van der Waals surface area contributed by atoms with Crippen LogP contribution in [0, 0.1) is 11.3 Å². The van der Waals surface area contributed by atoms with Crippen LogP contribution < -0.4 is 15.2 Å². The summed E-state index contributed by atoms with van der Waals surface area (Å²) >= 11 is 0. The Morgan fingerprint density at radius 1 is 1.20 bits per heavy atom. The first kappa shape index (κ1) is 13.7. The van der Waals surface area contributed by atoms with Gasteiger partial charge in [-0.05, 0) is 35.9 Å². The zero-order valence-corrected chi connectivity index (χ0v) is 11.0. The summed E-state index contributed by atoms with van der Waals surface area (Å²) in [7, 11) is 1.53. The Labute approximate surface area is 116 Å². The summed E-state index contributed by atoms with van der Waals surface area (Å²) in [5.41, 5.74) is 7.13. The van der Waals surface area contributed by atoms with E-state index in [4.69, 9.17) is 20.5 Å². The van der Waals surface area contributed by atoms with Crippen molar-refractivity contribution in [1.82, 2.24) is 0 Å². The Kier molecular flexibility index (Phi) is 4.08. The summed E-state index contributed by atoms with van der Waals surface area (Å²) in [5, 5.41) is 18.3. The molecule has 0 bridgehead atoms. The van der Waals surface area contributed by atoms with Crippen LogP contribution in [0.3, 0.4) is 0 Å². The molecule has 2 aromatic carbocycles. The summed E-state index contributed by atoms with van der Waals surface area (Å²) in [4.78, 5) is 0. The highest BCUT2D eigenvalue weighted by molar-refractivity contribution is 5.54. The molecule has 0 aromatic heterocycles. The maximum Gasteiger partial charge on any atom is 0.145 e. The number of anilines is 1. The van der Waals surface area contributed by atoms with E-state index in [1.807, 2.05) is 6.07 Å². The van der Waals surface area contributed by atoms with Gasteiger partial charge >= 0.3 is 0 Å². The standard InChI is InChI=1S/C15H14N2O3/c1-19-13-4-10(9-18)5-14(7-13)20-15-3-2-12(17)6-11(15)8-16/h2-7,18H,9,17H2,1H3. The molecule has 3 N–H and O–H groups in total. The van der Waals surface area contributed by atoms with E-state index in [-0.39, 0.29) is 6.61 Å². The molecule has 0 heterocycles. The van der Waals surface area contributed by atoms with Crippen molar-refractivity contribution in [2.75, 3.05) is 12.8 Å². The maximum absolute atomic E-state index is 9.21. The van der Waals surface area contributed by atoms with E-state index in [9.17, 15) is 5.11 Å². The lowest BCUT2D eigenvalue weighted by Crippen LogP contribution is -1.94. The highest BCUT2D eigenvalue weighted by Gasteiger charge is 2.07. The molecule has 0 radical (unpaired) electrons. The lowest BCUT2D eigenvalue weighted by Gasteiger charge is -2.11. The third-order valence-electron chi connectivity index (χ3n) is 2.71. The number of aliphatic hydroxyl groups is 1. The Morgan fingerprint density at radius 3 is 2.60 bits per heavy atom. The second-order valence-corrected chi connectivity index (χ2v) is 4.14. The van der Waals surface area contributed by atoms with Gasteiger partial charge in [0, 0.05) is 11.8 Å². The topological polar surface area (TPSA) is 88.5 Å². The fraction of sp³-hybridized carbons (Fsp3) is 0.133. The first-order valence-electron chi connectivity index (χ1n) is 5.92. The third-order valence-corrected chi connectivity index (χ3v) is 2.71. The summed E-state index contributed by atoms with van der Waals surface area (Å²) in [6.07, 6.45) is 0. The Bertz CT molecular complexity index is 640. The van der Waals surface area contributed by atoms with E-state index in [0.717, 1.165) is 0 Å². The van der Waals surface area contributed by atoms with E-state index in [2.05, 4.69) is 0 Å². The van der Waals surface area contributed by atoms with Gasteiger partial charge in [-0.15, -0.1) is 0 Å². The number of nitrogens with zero attached hydrogens (tertiary/aromatic N) is 1. The quantitative estimate of drug-likeness (QED) is 0.833. The Balaban J connectivity index is 2.37. The Hall–Kier alpha value is -2.71. The lowest BCUT2D eigenvalue weighted by atomic mass is 10.2. The van der Waals surface area contributed by atoms with Crippen molar-refractivity contribution in [3.8, 4) is 23.3 Å². The number of methoxy groups -OCH3 is 1. The average Bonchev–Trinajstić information content (AvgIpc) is 2.48. The van der Waals surface area contributed by atoms with Crippen LogP contribution in [0.4, 0.5) is 5.69 Å². The number of nitriles is 1. The molecule has 0 saturated heterocycles. The number of ether oxygens (including phenoxy) is 2. The molecule has 0 aliphatic rings. The molecule has 0 saturated carbocycles. The number of nitrogens with two attached hydrogens (primary N) is 1. The first-order valence-corrected chi connectivity index (χ1v) is 5.92. The maximum atomic E-state index is 9.21. The van der Waals surface area contributed by atoms with Gasteiger partial charge in [0.25, 0.3) is 0 Å². The molecule has 102 valence electrons. The Morgan fingerprint density at radius 2 is 1.95 bits per heavy atom. The van der Waals surface area contributed by atoms with Crippen molar-refractivity contribution in [2.24, 2.45) is 0 Å². The average molecular weight is 270 g/mol. The van der Waals surface area contributed by atoms with Crippen LogP contribution in [0.2, 0.25) is 0 Å². The minimum atomic E-state index is -0.125. The summed E-state index contributed by atoms with van der Waals surface area (Å²) in [6, 6.07) is 11.9. The molecule has 0 fully saturated rings. The van der Waals surface area contributed by atoms with Crippen molar-refractivity contribution in [3.63, 3.8) is 0 Å². The second-order valence-electron chi connectivity index (χ2n) is 4.14. The second kappa shape index (κ2) is 5.95. The molecular formula is C15H14N2O3. The zero-order valence-electron chi connectivity index (χ0n) is 11.0. The van der Waals surface area contributed by atoms with Crippen LogP contribution in [0.25, 0.3) is 0 Å². The van der Waals surface area contributed by atoms with E-state index >= 15 is 0 Å². The summed E-state index contributed by atoms with van der Waals surface area (Å²) in [6.45, 7) is -0.125. The van der Waals surface area contributed by atoms with Crippen molar-refractivity contribution in [1.29, 1.82) is 5.26 Å². The molecule has 2 rings (SSSR count). The van der Waals surface area contributed by atoms with Crippen molar-refractivity contribution >= 4 is 5.69 Å². The van der Waals surface area contributed by atoms with Gasteiger partial charge in [0.05, 0.1) is 19.3 Å². The molecule has 0 aliphatic heterocycles. The summed E-state index contributed by atoms with van der Waals surface area (Å²) in [5.74, 6) is 1.45. The smallest absolute Gasteiger partial charge is 0.145 e. The van der Waals surface area contributed by atoms with E-state index < -0.39 is 0 Å². The van der Waals surface area contributed by atoms with Gasteiger partial charge in [0.15, 0.2) is 0 Å².